The average Bonchev–Trinajstić information content (AvgIpc) is 0.908. The van der Waals surface area contributed by atoms with Gasteiger partial charge < -0.3 is 33.8 Å². The summed E-state index contributed by atoms with van der Waals surface area (Å²) >= 11 is 0. The Kier molecular flexibility index (Phi) is 72.7. The van der Waals surface area contributed by atoms with E-state index in [1.54, 1.807) is 0 Å². The Labute approximate surface area is 621 Å². The van der Waals surface area contributed by atoms with Crippen LogP contribution in [-0.2, 0) is 65.4 Å². The minimum Gasteiger partial charge on any atom is -0.462 e. The van der Waals surface area contributed by atoms with E-state index in [0.717, 1.165) is 154 Å². The number of rotatable bonds is 77. The molecular formula is C83H148O17P2. The maximum absolute atomic E-state index is 13.1. The summed E-state index contributed by atoms with van der Waals surface area (Å²) in [5.74, 6) is -2.20. The predicted molar refractivity (Wildman–Crippen MR) is 418 cm³/mol. The standard InChI is InChI=1S/C83H148O17P2/c1-5-9-13-17-21-25-29-33-36-37-38-39-42-46-50-54-58-62-66-70-83(88)100-79(74-94-81(86)68-64-60-56-52-48-45-41-35-31-27-23-19-15-11-7-3)76-98-102(91,92)96-72-77(84)71-95-101(89,90)97-75-78(99-82(87)69-65-61-57-53-49-43-32-28-24-20-16-12-8-4)73-93-80(85)67-63-59-55-51-47-44-40-34-30-26-22-18-14-10-6-2/h9,13,21,25,27,31,33-34,36,38-40,46,50,77-79,84H,5-8,10-12,14-20,22-24,26,28-30,32,35,37,41-45,47-49,51-76H2,1-4H3,(H,89,90)(H,91,92)/b13-9-,25-21-,31-27-,36-33-,39-38-,40-34-,50-46-/t77-,78-,79-/m1/s1. The van der Waals surface area contributed by atoms with Gasteiger partial charge in [-0.05, 0) is 122 Å². The molecule has 5 atom stereocenters. The lowest BCUT2D eigenvalue weighted by Gasteiger charge is -2.21. The fourth-order valence-corrected chi connectivity index (χ4v) is 12.7. The van der Waals surface area contributed by atoms with Gasteiger partial charge in [-0.15, -0.1) is 0 Å². The zero-order chi connectivity index (χ0) is 74.6. The van der Waals surface area contributed by atoms with E-state index in [1.807, 2.05) is 0 Å². The molecule has 0 heterocycles. The first-order chi connectivity index (χ1) is 49.7. The number of phosphoric ester groups is 2. The summed E-state index contributed by atoms with van der Waals surface area (Å²) in [5, 5.41) is 10.6. The molecule has 0 aromatic heterocycles. The summed E-state index contributed by atoms with van der Waals surface area (Å²) in [6, 6.07) is 0. The molecule has 0 amide bonds. The van der Waals surface area contributed by atoms with E-state index in [9.17, 15) is 43.2 Å². The Morgan fingerprint density at radius 1 is 0.284 bits per heavy atom. The van der Waals surface area contributed by atoms with Gasteiger partial charge in [0.15, 0.2) is 12.2 Å². The second-order valence-electron chi connectivity index (χ2n) is 27.3. The van der Waals surface area contributed by atoms with Gasteiger partial charge in [0.05, 0.1) is 26.4 Å². The highest BCUT2D eigenvalue weighted by Crippen LogP contribution is 2.45. The number of aliphatic hydroxyl groups excluding tert-OH is 1. The van der Waals surface area contributed by atoms with Crippen molar-refractivity contribution in [2.45, 2.75) is 380 Å². The zero-order valence-electron chi connectivity index (χ0n) is 64.8. The molecule has 0 radical (unpaired) electrons. The van der Waals surface area contributed by atoms with E-state index in [4.69, 9.17) is 37.0 Å². The molecule has 0 aliphatic heterocycles. The van der Waals surface area contributed by atoms with Crippen molar-refractivity contribution in [2.24, 2.45) is 0 Å². The van der Waals surface area contributed by atoms with Crippen LogP contribution >= 0.6 is 15.6 Å². The first-order valence-electron chi connectivity index (χ1n) is 40.8. The number of phosphoric acid groups is 2. The molecule has 0 aliphatic carbocycles. The quantitative estimate of drug-likeness (QED) is 0.0169. The van der Waals surface area contributed by atoms with Gasteiger partial charge in [0.1, 0.15) is 19.3 Å². The number of allylic oxidation sites excluding steroid dienone is 14. The van der Waals surface area contributed by atoms with Crippen molar-refractivity contribution in [3.05, 3.63) is 85.1 Å². The molecule has 0 fully saturated rings. The molecule has 0 spiro atoms. The van der Waals surface area contributed by atoms with Gasteiger partial charge in [0, 0.05) is 25.7 Å². The van der Waals surface area contributed by atoms with E-state index in [2.05, 4.69) is 113 Å². The van der Waals surface area contributed by atoms with Crippen LogP contribution in [0.3, 0.4) is 0 Å². The van der Waals surface area contributed by atoms with Crippen molar-refractivity contribution in [2.75, 3.05) is 39.6 Å². The van der Waals surface area contributed by atoms with Crippen molar-refractivity contribution in [1.29, 1.82) is 0 Å². The van der Waals surface area contributed by atoms with Gasteiger partial charge in [-0.25, -0.2) is 9.13 Å². The number of ether oxygens (including phenoxy) is 4. The van der Waals surface area contributed by atoms with E-state index >= 15 is 0 Å². The second-order valence-corrected chi connectivity index (χ2v) is 30.2. The minimum atomic E-state index is -4.98. The minimum absolute atomic E-state index is 0.0565. The Morgan fingerprint density at radius 2 is 0.510 bits per heavy atom. The van der Waals surface area contributed by atoms with Crippen LogP contribution in [-0.4, -0.2) is 96.7 Å². The SMILES string of the molecule is CC/C=C\C/C=C\C/C=C\C/C=C\C/C=C\CCCCCC(=O)O[C@H](COC(=O)CCCCCCCCC/C=C\CCCCCC)COP(=O)(O)OC[C@H](O)COP(=O)(O)OC[C@@H](COC(=O)CCCCCCC/C=C\CCCCCCCC)OC(=O)CCCCCCCCCCCCCCC. The van der Waals surface area contributed by atoms with Crippen LogP contribution in [0.25, 0.3) is 0 Å². The molecule has 0 aromatic carbocycles. The first kappa shape index (κ1) is 98.2. The van der Waals surface area contributed by atoms with Crippen LogP contribution in [0.4, 0.5) is 0 Å². The molecule has 2 unspecified atom stereocenters. The van der Waals surface area contributed by atoms with Crippen molar-refractivity contribution < 1.29 is 80.2 Å². The number of hydrogen-bond acceptors (Lipinski definition) is 15. The molecule has 0 bridgehead atoms. The second kappa shape index (κ2) is 75.5. The number of unbranched alkanes of at least 4 members (excludes halogenated alkanes) is 37. The lowest BCUT2D eigenvalue weighted by atomic mass is 10.0. The Hall–Kier alpha value is -3.76. The molecule has 19 heteroatoms. The summed E-state index contributed by atoms with van der Waals surface area (Å²) in [6.45, 7) is 4.75. The van der Waals surface area contributed by atoms with Gasteiger partial charge in [-0.3, -0.25) is 37.3 Å². The van der Waals surface area contributed by atoms with Crippen LogP contribution in [0.1, 0.15) is 362 Å². The van der Waals surface area contributed by atoms with Crippen LogP contribution in [0.15, 0.2) is 85.1 Å². The summed E-state index contributed by atoms with van der Waals surface area (Å²) in [5.41, 5.74) is 0. The normalized spacial score (nSPS) is 14.3. The molecule has 592 valence electrons. The largest absolute Gasteiger partial charge is 0.472 e. The van der Waals surface area contributed by atoms with Gasteiger partial charge in [-0.2, -0.15) is 0 Å². The average molecular weight is 1480 g/mol. The molecule has 0 rings (SSSR count). The molecular weight excluding hydrogens is 1330 g/mol. The van der Waals surface area contributed by atoms with Gasteiger partial charge >= 0.3 is 39.5 Å². The number of hydrogen-bond donors (Lipinski definition) is 3. The van der Waals surface area contributed by atoms with Gasteiger partial charge in [0.2, 0.25) is 0 Å². The maximum atomic E-state index is 13.1. The van der Waals surface area contributed by atoms with Crippen LogP contribution in [0, 0.1) is 0 Å². The molecule has 0 aromatic rings. The predicted octanol–water partition coefficient (Wildman–Crippen LogP) is 23.8. The molecule has 0 saturated carbocycles. The molecule has 17 nitrogen and oxygen atoms in total. The van der Waals surface area contributed by atoms with Crippen molar-refractivity contribution in [3.8, 4) is 0 Å². The van der Waals surface area contributed by atoms with Crippen LogP contribution in [0.5, 0.6) is 0 Å². The molecule has 102 heavy (non-hydrogen) atoms. The first-order valence-corrected chi connectivity index (χ1v) is 43.8. The Balaban J connectivity index is 5.37. The van der Waals surface area contributed by atoms with Crippen molar-refractivity contribution >= 4 is 39.5 Å². The van der Waals surface area contributed by atoms with Crippen molar-refractivity contribution in [1.82, 2.24) is 0 Å². The fourth-order valence-electron chi connectivity index (χ4n) is 11.1. The lowest BCUT2D eigenvalue weighted by Crippen LogP contribution is -2.30. The summed E-state index contributed by atoms with van der Waals surface area (Å²) in [6.07, 6.45) is 78.4. The van der Waals surface area contributed by atoms with E-state index in [0.29, 0.717) is 25.7 Å². The monoisotopic (exact) mass is 1480 g/mol. The maximum Gasteiger partial charge on any atom is 0.472 e. The molecule has 3 N–H and O–H groups in total. The van der Waals surface area contributed by atoms with Gasteiger partial charge in [-0.1, -0.05) is 299 Å². The van der Waals surface area contributed by atoms with Crippen LogP contribution in [0.2, 0.25) is 0 Å². The highest BCUT2D eigenvalue weighted by atomic mass is 31.2. The van der Waals surface area contributed by atoms with E-state index in [1.165, 1.54) is 128 Å². The topological polar surface area (TPSA) is 237 Å². The van der Waals surface area contributed by atoms with Gasteiger partial charge in [0.25, 0.3) is 0 Å². The highest BCUT2D eigenvalue weighted by Gasteiger charge is 2.30. The van der Waals surface area contributed by atoms with Crippen LogP contribution < -0.4 is 0 Å². The number of esters is 4. The summed E-state index contributed by atoms with van der Waals surface area (Å²) < 4.78 is 68.6. The third kappa shape index (κ3) is 74.5. The third-order valence-electron chi connectivity index (χ3n) is 17.3. The zero-order valence-corrected chi connectivity index (χ0v) is 66.6. The number of carbonyl (C=O) groups excluding carboxylic acids is 4. The fraction of sp³-hybridized carbons (Fsp3) is 0.783. The van der Waals surface area contributed by atoms with E-state index in [-0.39, 0.29) is 25.7 Å². The number of carbonyl (C=O) groups is 4. The Morgan fingerprint density at radius 3 is 0.814 bits per heavy atom. The van der Waals surface area contributed by atoms with Crippen molar-refractivity contribution in [3.63, 3.8) is 0 Å². The molecule has 0 aliphatic rings. The highest BCUT2D eigenvalue weighted by molar-refractivity contribution is 7.47. The lowest BCUT2D eigenvalue weighted by molar-refractivity contribution is -0.161. The third-order valence-corrected chi connectivity index (χ3v) is 19.2. The molecule has 0 saturated heterocycles. The van der Waals surface area contributed by atoms with E-state index < -0.39 is 97.5 Å². The number of aliphatic hydroxyl groups is 1. The Bertz CT molecular complexity index is 2260. The smallest absolute Gasteiger partial charge is 0.462 e. The summed E-state index contributed by atoms with van der Waals surface area (Å²) in [4.78, 5) is 73.0. The summed E-state index contributed by atoms with van der Waals surface area (Å²) in [7, 11) is -9.96.